The Kier molecular flexibility index (Phi) is 4.98. The standard InChI is InChI=1S/C15H10ClN3O3S2/c16-9-1-3-10(4-2-9)17-14(20)8-23-15-18-12-6-5-11(19(21)22)7-13(12)24-15/h1-7H,8H2,(H,17,20). The van der Waals surface area contributed by atoms with Crippen LogP contribution in [-0.4, -0.2) is 21.6 Å². The van der Waals surface area contributed by atoms with Crippen LogP contribution < -0.4 is 5.32 Å². The van der Waals surface area contributed by atoms with Crippen molar-refractivity contribution in [3.05, 3.63) is 57.6 Å². The van der Waals surface area contributed by atoms with Gasteiger partial charge in [0.1, 0.15) is 0 Å². The summed E-state index contributed by atoms with van der Waals surface area (Å²) in [5.74, 6) is 0.0393. The highest BCUT2D eigenvalue weighted by molar-refractivity contribution is 8.01. The molecule has 0 atom stereocenters. The second-order valence-corrected chi connectivity index (χ2v) is 7.42. The lowest BCUT2D eigenvalue weighted by Gasteiger charge is -2.03. The fourth-order valence-corrected chi connectivity index (χ4v) is 3.95. The predicted octanol–water partition coefficient (Wildman–Crippen LogP) is 4.59. The molecule has 0 aliphatic heterocycles. The molecule has 1 aromatic heterocycles. The number of aromatic nitrogens is 1. The van der Waals surface area contributed by atoms with E-state index in [0.29, 0.717) is 20.6 Å². The Labute approximate surface area is 150 Å². The first-order valence-electron chi connectivity index (χ1n) is 6.74. The van der Waals surface area contributed by atoms with Crippen LogP contribution in [-0.2, 0) is 4.79 Å². The summed E-state index contributed by atoms with van der Waals surface area (Å²) >= 11 is 8.41. The Morgan fingerprint density at radius 1 is 1.29 bits per heavy atom. The molecule has 0 fully saturated rings. The summed E-state index contributed by atoms with van der Waals surface area (Å²) < 4.78 is 1.42. The fraction of sp³-hybridized carbons (Fsp3) is 0.0667. The first-order valence-corrected chi connectivity index (χ1v) is 8.92. The van der Waals surface area contributed by atoms with Gasteiger partial charge in [-0.3, -0.25) is 14.9 Å². The van der Waals surface area contributed by atoms with E-state index < -0.39 is 4.92 Å². The maximum Gasteiger partial charge on any atom is 0.270 e. The average Bonchev–Trinajstić information content (AvgIpc) is 2.97. The summed E-state index contributed by atoms with van der Waals surface area (Å²) in [7, 11) is 0. The molecular formula is C15H10ClN3O3S2. The van der Waals surface area contributed by atoms with Crippen molar-refractivity contribution in [1.82, 2.24) is 4.98 Å². The van der Waals surface area contributed by atoms with E-state index in [2.05, 4.69) is 10.3 Å². The zero-order valence-corrected chi connectivity index (χ0v) is 14.5. The molecule has 1 heterocycles. The van der Waals surface area contributed by atoms with Crippen LogP contribution >= 0.6 is 34.7 Å². The third kappa shape index (κ3) is 4.02. The van der Waals surface area contributed by atoms with Crippen molar-refractivity contribution in [2.75, 3.05) is 11.1 Å². The molecule has 24 heavy (non-hydrogen) atoms. The second kappa shape index (κ2) is 7.16. The molecule has 0 aliphatic carbocycles. The van der Waals surface area contributed by atoms with Crippen molar-refractivity contribution in [2.24, 2.45) is 0 Å². The minimum atomic E-state index is -0.439. The number of hydrogen-bond acceptors (Lipinski definition) is 6. The van der Waals surface area contributed by atoms with Gasteiger partial charge in [0.15, 0.2) is 4.34 Å². The molecular weight excluding hydrogens is 370 g/mol. The normalized spacial score (nSPS) is 10.7. The molecule has 3 aromatic rings. The highest BCUT2D eigenvalue weighted by Crippen LogP contribution is 2.31. The van der Waals surface area contributed by atoms with Crippen LogP contribution in [0.5, 0.6) is 0 Å². The minimum absolute atomic E-state index is 0.0307. The minimum Gasteiger partial charge on any atom is -0.325 e. The molecule has 3 rings (SSSR count). The smallest absolute Gasteiger partial charge is 0.270 e. The molecule has 0 spiro atoms. The zero-order chi connectivity index (χ0) is 17.1. The van der Waals surface area contributed by atoms with Gasteiger partial charge in [-0.15, -0.1) is 11.3 Å². The molecule has 0 unspecified atom stereocenters. The summed E-state index contributed by atoms with van der Waals surface area (Å²) in [6, 6.07) is 11.4. The van der Waals surface area contributed by atoms with Crippen molar-refractivity contribution >= 4 is 62.2 Å². The number of nitrogens with zero attached hydrogens (tertiary/aromatic N) is 2. The number of non-ortho nitro benzene ring substituents is 1. The van der Waals surface area contributed by atoms with Crippen LogP contribution in [0.25, 0.3) is 10.2 Å². The van der Waals surface area contributed by atoms with Crippen molar-refractivity contribution in [2.45, 2.75) is 4.34 Å². The van der Waals surface area contributed by atoms with Gasteiger partial charge in [-0.1, -0.05) is 23.4 Å². The van der Waals surface area contributed by atoms with E-state index in [-0.39, 0.29) is 17.3 Å². The molecule has 0 bridgehead atoms. The quantitative estimate of drug-likeness (QED) is 0.398. The lowest BCUT2D eigenvalue weighted by molar-refractivity contribution is -0.384. The molecule has 0 saturated heterocycles. The van der Waals surface area contributed by atoms with Gasteiger partial charge in [0.05, 0.1) is 20.9 Å². The van der Waals surface area contributed by atoms with Crippen LogP contribution in [0.15, 0.2) is 46.8 Å². The molecule has 0 aliphatic rings. The lowest BCUT2D eigenvalue weighted by Crippen LogP contribution is -2.13. The van der Waals surface area contributed by atoms with Crippen LogP contribution in [0.3, 0.4) is 0 Å². The van der Waals surface area contributed by atoms with Crippen LogP contribution in [0.1, 0.15) is 0 Å². The number of thiazole rings is 1. The van der Waals surface area contributed by atoms with Gasteiger partial charge in [0.25, 0.3) is 5.69 Å². The lowest BCUT2D eigenvalue weighted by atomic mass is 10.3. The SMILES string of the molecule is O=C(CSc1nc2ccc([N+](=O)[O-])cc2s1)Nc1ccc(Cl)cc1. The molecule has 1 N–H and O–H groups in total. The molecule has 122 valence electrons. The predicted molar refractivity (Wildman–Crippen MR) is 97.1 cm³/mol. The topological polar surface area (TPSA) is 85.1 Å². The summed E-state index contributed by atoms with van der Waals surface area (Å²) in [4.78, 5) is 26.7. The number of nitrogens with one attached hydrogen (secondary N) is 1. The third-order valence-electron chi connectivity index (χ3n) is 3.02. The summed E-state index contributed by atoms with van der Waals surface area (Å²) in [6.45, 7) is 0. The molecule has 9 heteroatoms. The second-order valence-electron chi connectivity index (χ2n) is 4.73. The zero-order valence-electron chi connectivity index (χ0n) is 12.1. The number of thioether (sulfide) groups is 1. The van der Waals surface area contributed by atoms with Crippen molar-refractivity contribution in [1.29, 1.82) is 0 Å². The summed E-state index contributed by atoms with van der Waals surface area (Å²) in [5, 5.41) is 14.2. The van der Waals surface area contributed by atoms with E-state index in [4.69, 9.17) is 11.6 Å². The summed E-state index contributed by atoms with van der Waals surface area (Å²) in [6.07, 6.45) is 0. The Bertz CT molecular complexity index is 912. The number of amides is 1. The van der Waals surface area contributed by atoms with Gasteiger partial charge < -0.3 is 5.32 Å². The number of nitro benzene ring substituents is 1. The van der Waals surface area contributed by atoms with E-state index in [9.17, 15) is 14.9 Å². The van der Waals surface area contributed by atoms with Crippen LogP contribution in [0.4, 0.5) is 11.4 Å². The molecule has 6 nitrogen and oxygen atoms in total. The van der Waals surface area contributed by atoms with Crippen molar-refractivity contribution in [3.63, 3.8) is 0 Å². The van der Waals surface area contributed by atoms with Crippen molar-refractivity contribution in [3.8, 4) is 0 Å². The molecule has 1 amide bonds. The number of carbonyl (C=O) groups excluding carboxylic acids is 1. The third-order valence-corrected chi connectivity index (χ3v) is 5.43. The number of anilines is 1. The van der Waals surface area contributed by atoms with E-state index in [0.717, 1.165) is 4.70 Å². The first kappa shape index (κ1) is 16.7. The van der Waals surface area contributed by atoms with E-state index in [1.54, 1.807) is 30.3 Å². The Balaban J connectivity index is 1.63. The maximum absolute atomic E-state index is 12.0. The summed E-state index contributed by atoms with van der Waals surface area (Å²) in [5.41, 5.74) is 1.39. The van der Waals surface area contributed by atoms with Gasteiger partial charge in [-0.25, -0.2) is 4.98 Å². The van der Waals surface area contributed by atoms with E-state index in [1.807, 2.05) is 0 Å². The van der Waals surface area contributed by atoms with Gasteiger partial charge in [0, 0.05) is 22.8 Å². The number of hydrogen-bond donors (Lipinski definition) is 1. The van der Waals surface area contributed by atoms with Crippen LogP contribution in [0, 0.1) is 10.1 Å². The Morgan fingerprint density at radius 3 is 2.75 bits per heavy atom. The highest BCUT2D eigenvalue weighted by atomic mass is 35.5. The number of nitro groups is 1. The highest BCUT2D eigenvalue weighted by Gasteiger charge is 2.12. The Morgan fingerprint density at radius 2 is 2.04 bits per heavy atom. The van der Waals surface area contributed by atoms with Gasteiger partial charge >= 0.3 is 0 Å². The fourth-order valence-electron chi connectivity index (χ4n) is 1.93. The number of fused-ring (bicyclic) bond motifs is 1. The average molecular weight is 380 g/mol. The van der Waals surface area contributed by atoms with Crippen molar-refractivity contribution < 1.29 is 9.72 Å². The van der Waals surface area contributed by atoms with E-state index in [1.165, 1.54) is 35.2 Å². The maximum atomic E-state index is 12.0. The first-order chi connectivity index (χ1) is 11.5. The van der Waals surface area contributed by atoms with Gasteiger partial charge in [-0.05, 0) is 30.3 Å². The van der Waals surface area contributed by atoms with Gasteiger partial charge in [0.2, 0.25) is 5.91 Å². The van der Waals surface area contributed by atoms with Crippen LogP contribution in [0.2, 0.25) is 5.02 Å². The van der Waals surface area contributed by atoms with E-state index >= 15 is 0 Å². The molecule has 0 radical (unpaired) electrons. The Hall–Kier alpha value is -2.16. The van der Waals surface area contributed by atoms with Gasteiger partial charge in [-0.2, -0.15) is 0 Å². The number of rotatable bonds is 5. The number of benzene rings is 2. The number of halogens is 1. The molecule has 2 aromatic carbocycles. The largest absolute Gasteiger partial charge is 0.325 e. The molecule has 0 saturated carbocycles. The number of carbonyl (C=O) groups is 1. The monoisotopic (exact) mass is 379 g/mol.